The molecule has 8 heteroatoms. The van der Waals surface area contributed by atoms with Crippen LogP contribution in [0.2, 0.25) is 0 Å². The number of ketones is 1. The summed E-state index contributed by atoms with van der Waals surface area (Å²) in [5.74, 6) is 0.307. The number of Topliss-reactive ketones (excluding diaryl/α,β-unsaturated/α-hetero) is 1. The topological polar surface area (TPSA) is 75.6 Å². The van der Waals surface area contributed by atoms with Crippen LogP contribution in [0.15, 0.2) is 24.3 Å². The van der Waals surface area contributed by atoms with Crippen molar-refractivity contribution >= 4 is 17.8 Å². The average molecular weight is 412 g/mol. The maximum Gasteiger partial charge on any atom is 0.409 e. The largest absolute Gasteiger partial charge is 0.450 e. The van der Waals surface area contributed by atoms with Crippen molar-refractivity contribution in [1.82, 2.24) is 14.9 Å². The van der Waals surface area contributed by atoms with E-state index in [1.165, 1.54) is 12.1 Å². The number of nitrogens with zero attached hydrogens (tertiary/aromatic N) is 4. The van der Waals surface area contributed by atoms with Crippen LogP contribution in [0, 0.1) is 12.7 Å². The lowest BCUT2D eigenvalue weighted by atomic mass is 9.81. The van der Waals surface area contributed by atoms with Crippen molar-refractivity contribution in [2.75, 3.05) is 37.7 Å². The number of carbonyl (C=O) groups excluding carboxylic acids is 2. The predicted molar refractivity (Wildman–Crippen MR) is 109 cm³/mol. The molecule has 7 nitrogen and oxygen atoms in total. The minimum atomic E-state index is -0.299. The molecule has 1 amide bonds. The van der Waals surface area contributed by atoms with Crippen LogP contribution in [-0.4, -0.2) is 59.5 Å². The van der Waals surface area contributed by atoms with Gasteiger partial charge in [0.05, 0.1) is 23.6 Å². The molecule has 1 aliphatic heterocycles. The zero-order valence-corrected chi connectivity index (χ0v) is 17.2. The molecule has 4 rings (SSSR count). The Balaban J connectivity index is 1.54. The number of anilines is 1. The summed E-state index contributed by atoms with van der Waals surface area (Å²) in [6.45, 7) is 6.27. The standard InChI is InChI=1S/C22H25FN4O3/c1-3-30-22(29)27-10-8-26(9-11-27)21-24-14(2)20-18(25-21)12-16(13-19(20)28)15-4-6-17(23)7-5-15/h4-7,16H,3,8-13H2,1-2H3/t16-/m0/s1. The molecule has 1 aromatic carbocycles. The van der Waals surface area contributed by atoms with Gasteiger partial charge in [-0.25, -0.2) is 19.2 Å². The van der Waals surface area contributed by atoms with Crippen molar-refractivity contribution < 1.29 is 18.7 Å². The van der Waals surface area contributed by atoms with Gasteiger partial charge in [0, 0.05) is 32.6 Å². The second-order valence-electron chi connectivity index (χ2n) is 7.68. The molecule has 0 radical (unpaired) electrons. The third-order valence-electron chi connectivity index (χ3n) is 5.73. The van der Waals surface area contributed by atoms with Crippen molar-refractivity contribution in [2.24, 2.45) is 0 Å². The Labute approximate surface area is 174 Å². The van der Waals surface area contributed by atoms with Gasteiger partial charge in [0.2, 0.25) is 5.95 Å². The Kier molecular flexibility index (Phi) is 5.65. The SMILES string of the molecule is CCOC(=O)N1CCN(c2nc(C)c3c(n2)C[C@H](c2ccc(F)cc2)CC3=O)CC1. The lowest BCUT2D eigenvalue weighted by Gasteiger charge is -2.34. The fourth-order valence-electron chi connectivity index (χ4n) is 4.17. The second kappa shape index (κ2) is 8.38. The van der Waals surface area contributed by atoms with E-state index in [0.29, 0.717) is 62.8 Å². The van der Waals surface area contributed by atoms with Crippen LogP contribution in [0.25, 0.3) is 0 Å². The van der Waals surface area contributed by atoms with E-state index in [4.69, 9.17) is 9.72 Å². The quantitative estimate of drug-likeness (QED) is 0.771. The summed E-state index contributed by atoms with van der Waals surface area (Å²) in [6.07, 6.45) is 0.694. The first-order valence-electron chi connectivity index (χ1n) is 10.3. The van der Waals surface area contributed by atoms with Gasteiger partial charge in [0.1, 0.15) is 5.82 Å². The number of hydrogen-bond donors (Lipinski definition) is 0. The number of aromatic nitrogens is 2. The van der Waals surface area contributed by atoms with Gasteiger partial charge < -0.3 is 14.5 Å². The van der Waals surface area contributed by atoms with Crippen LogP contribution in [0.3, 0.4) is 0 Å². The number of rotatable bonds is 3. The van der Waals surface area contributed by atoms with E-state index in [0.717, 1.165) is 11.3 Å². The number of ether oxygens (including phenoxy) is 1. The van der Waals surface area contributed by atoms with E-state index in [2.05, 4.69) is 4.98 Å². The van der Waals surface area contributed by atoms with E-state index < -0.39 is 0 Å². The normalized spacial score (nSPS) is 18.9. The molecule has 1 fully saturated rings. The summed E-state index contributed by atoms with van der Waals surface area (Å²) in [5.41, 5.74) is 2.99. The third kappa shape index (κ3) is 3.99. The van der Waals surface area contributed by atoms with Crippen LogP contribution < -0.4 is 4.90 Å². The summed E-state index contributed by atoms with van der Waals surface area (Å²) in [6, 6.07) is 6.33. The molecule has 2 heterocycles. The summed E-state index contributed by atoms with van der Waals surface area (Å²) in [7, 11) is 0. The van der Waals surface area contributed by atoms with Gasteiger partial charge in [-0.2, -0.15) is 0 Å². The number of fused-ring (bicyclic) bond motifs is 1. The van der Waals surface area contributed by atoms with Gasteiger partial charge in [-0.15, -0.1) is 0 Å². The maximum absolute atomic E-state index is 13.3. The van der Waals surface area contributed by atoms with E-state index in [9.17, 15) is 14.0 Å². The monoisotopic (exact) mass is 412 g/mol. The van der Waals surface area contributed by atoms with Gasteiger partial charge in [0.25, 0.3) is 0 Å². The zero-order valence-electron chi connectivity index (χ0n) is 17.2. The molecule has 158 valence electrons. The maximum atomic E-state index is 13.3. The van der Waals surface area contributed by atoms with Crippen molar-refractivity contribution in [3.05, 3.63) is 52.6 Å². The number of amides is 1. The minimum Gasteiger partial charge on any atom is -0.450 e. The van der Waals surface area contributed by atoms with E-state index >= 15 is 0 Å². The van der Waals surface area contributed by atoms with Gasteiger partial charge in [-0.3, -0.25) is 4.79 Å². The van der Waals surface area contributed by atoms with E-state index in [-0.39, 0.29) is 23.6 Å². The van der Waals surface area contributed by atoms with Crippen molar-refractivity contribution in [1.29, 1.82) is 0 Å². The first-order chi connectivity index (χ1) is 14.5. The lowest BCUT2D eigenvalue weighted by Crippen LogP contribution is -2.49. The number of carbonyl (C=O) groups is 2. The molecule has 1 atom stereocenters. The summed E-state index contributed by atoms with van der Waals surface area (Å²) >= 11 is 0. The van der Waals surface area contributed by atoms with Crippen molar-refractivity contribution in [3.63, 3.8) is 0 Å². The molecule has 1 saturated heterocycles. The molecular weight excluding hydrogens is 387 g/mol. The number of hydrogen-bond acceptors (Lipinski definition) is 6. The number of piperazine rings is 1. The van der Waals surface area contributed by atoms with Gasteiger partial charge in [-0.05, 0) is 43.9 Å². The summed E-state index contributed by atoms with van der Waals surface area (Å²) in [4.78, 5) is 37.7. The molecule has 0 spiro atoms. The van der Waals surface area contributed by atoms with Crippen molar-refractivity contribution in [2.45, 2.75) is 32.6 Å². The first kappa shape index (κ1) is 20.3. The molecule has 1 aromatic heterocycles. The highest BCUT2D eigenvalue weighted by molar-refractivity contribution is 5.99. The highest BCUT2D eigenvalue weighted by atomic mass is 19.1. The molecule has 2 aliphatic rings. The molecule has 1 aliphatic carbocycles. The first-order valence-corrected chi connectivity index (χ1v) is 10.3. The predicted octanol–water partition coefficient (Wildman–Crippen LogP) is 3.12. The summed E-state index contributed by atoms with van der Waals surface area (Å²) in [5, 5.41) is 0. The Morgan fingerprint density at radius 2 is 1.83 bits per heavy atom. The molecule has 2 aromatic rings. The second-order valence-corrected chi connectivity index (χ2v) is 7.68. The molecular formula is C22H25FN4O3. The molecule has 0 unspecified atom stereocenters. The van der Waals surface area contributed by atoms with Gasteiger partial charge >= 0.3 is 6.09 Å². The molecule has 0 N–H and O–H groups in total. The van der Waals surface area contributed by atoms with Crippen LogP contribution in [-0.2, 0) is 11.2 Å². The Bertz CT molecular complexity index is 956. The van der Waals surface area contributed by atoms with Crippen LogP contribution in [0.1, 0.15) is 46.6 Å². The Hall–Kier alpha value is -3.03. The van der Waals surface area contributed by atoms with E-state index in [1.807, 2.05) is 11.8 Å². The Morgan fingerprint density at radius 3 is 2.50 bits per heavy atom. The minimum absolute atomic E-state index is 0.0200. The molecule has 0 saturated carbocycles. The highest BCUT2D eigenvalue weighted by Gasteiger charge is 2.31. The van der Waals surface area contributed by atoms with Crippen LogP contribution in [0.4, 0.5) is 15.1 Å². The molecule has 30 heavy (non-hydrogen) atoms. The van der Waals surface area contributed by atoms with Gasteiger partial charge in [-0.1, -0.05) is 12.1 Å². The van der Waals surface area contributed by atoms with Crippen LogP contribution >= 0.6 is 0 Å². The summed E-state index contributed by atoms with van der Waals surface area (Å²) < 4.78 is 18.3. The third-order valence-corrected chi connectivity index (χ3v) is 5.73. The smallest absolute Gasteiger partial charge is 0.409 e. The number of aryl methyl sites for hydroxylation is 1. The van der Waals surface area contributed by atoms with Gasteiger partial charge in [0.15, 0.2) is 5.78 Å². The Morgan fingerprint density at radius 1 is 1.13 bits per heavy atom. The molecule has 0 bridgehead atoms. The van der Waals surface area contributed by atoms with Crippen LogP contribution in [0.5, 0.6) is 0 Å². The zero-order chi connectivity index (χ0) is 21.3. The fraction of sp³-hybridized carbons (Fsp3) is 0.455. The lowest BCUT2D eigenvalue weighted by molar-refractivity contribution is 0.0960. The average Bonchev–Trinajstić information content (AvgIpc) is 2.74. The highest BCUT2D eigenvalue weighted by Crippen LogP contribution is 2.34. The number of benzene rings is 1. The fourth-order valence-corrected chi connectivity index (χ4v) is 4.17. The number of halogens is 1. The van der Waals surface area contributed by atoms with Crippen molar-refractivity contribution in [3.8, 4) is 0 Å². The van der Waals surface area contributed by atoms with E-state index in [1.54, 1.807) is 24.0 Å².